The summed E-state index contributed by atoms with van der Waals surface area (Å²) in [4.78, 5) is 0. The van der Waals surface area contributed by atoms with Gasteiger partial charge in [0, 0.05) is 7.11 Å². The van der Waals surface area contributed by atoms with E-state index in [0.29, 0.717) is 0 Å². The second kappa shape index (κ2) is 7.43. The van der Waals surface area contributed by atoms with Gasteiger partial charge in [0.1, 0.15) is 0 Å². The maximum atomic E-state index is 5.47. The SMILES string of the molecule is COCCc1cccc(CCCCN)c1. The van der Waals surface area contributed by atoms with Gasteiger partial charge >= 0.3 is 0 Å². The zero-order chi connectivity index (χ0) is 10.9. The van der Waals surface area contributed by atoms with Crippen LogP contribution in [0.5, 0.6) is 0 Å². The predicted octanol–water partition coefficient (Wildman–Crippen LogP) is 2.16. The quantitative estimate of drug-likeness (QED) is 0.695. The Labute approximate surface area is 92.4 Å². The lowest BCUT2D eigenvalue weighted by Crippen LogP contribution is -1.99. The molecule has 0 heterocycles. The summed E-state index contributed by atoms with van der Waals surface area (Å²) in [6.45, 7) is 1.59. The van der Waals surface area contributed by atoms with Crippen LogP contribution in [-0.2, 0) is 17.6 Å². The Kier molecular flexibility index (Phi) is 6.05. The van der Waals surface area contributed by atoms with Crippen molar-refractivity contribution in [2.24, 2.45) is 5.73 Å². The molecule has 0 atom stereocenters. The number of methoxy groups -OCH3 is 1. The molecule has 0 aliphatic heterocycles. The van der Waals surface area contributed by atoms with Crippen molar-refractivity contribution in [3.8, 4) is 0 Å². The second-order valence-electron chi connectivity index (χ2n) is 3.81. The minimum Gasteiger partial charge on any atom is -0.384 e. The average molecular weight is 207 g/mol. The van der Waals surface area contributed by atoms with Crippen LogP contribution in [0.15, 0.2) is 24.3 Å². The molecule has 0 saturated carbocycles. The van der Waals surface area contributed by atoms with E-state index in [1.54, 1.807) is 7.11 Å². The van der Waals surface area contributed by atoms with Crippen molar-refractivity contribution in [1.29, 1.82) is 0 Å². The highest BCUT2D eigenvalue weighted by atomic mass is 16.5. The molecule has 2 nitrogen and oxygen atoms in total. The molecule has 1 aromatic rings. The first-order valence-corrected chi connectivity index (χ1v) is 5.63. The van der Waals surface area contributed by atoms with E-state index in [0.717, 1.165) is 32.4 Å². The molecule has 2 N–H and O–H groups in total. The molecule has 0 radical (unpaired) electrons. The normalized spacial score (nSPS) is 10.5. The van der Waals surface area contributed by atoms with Crippen molar-refractivity contribution in [3.63, 3.8) is 0 Å². The Bertz CT molecular complexity index is 273. The van der Waals surface area contributed by atoms with Gasteiger partial charge in [0.15, 0.2) is 0 Å². The maximum absolute atomic E-state index is 5.47. The first-order valence-electron chi connectivity index (χ1n) is 5.63. The Hall–Kier alpha value is -0.860. The van der Waals surface area contributed by atoms with Crippen LogP contribution in [0, 0.1) is 0 Å². The molecule has 0 amide bonds. The molecular formula is C13H21NO. The van der Waals surface area contributed by atoms with Crippen molar-refractivity contribution in [3.05, 3.63) is 35.4 Å². The van der Waals surface area contributed by atoms with E-state index in [9.17, 15) is 0 Å². The summed E-state index contributed by atoms with van der Waals surface area (Å²) in [5.41, 5.74) is 8.25. The molecule has 0 aliphatic rings. The maximum Gasteiger partial charge on any atom is 0.0502 e. The summed E-state index contributed by atoms with van der Waals surface area (Å²) < 4.78 is 5.07. The molecule has 0 aliphatic carbocycles. The van der Waals surface area contributed by atoms with Gasteiger partial charge in [0.2, 0.25) is 0 Å². The van der Waals surface area contributed by atoms with Crippen molar-refractivity contribution in [2.45, 2.75) is 25.7 Å². The standard InChI is InChI=1S/C13H21NO/c1-15-10-8-13-7-4-6-12(11-13)5-2-3-9-14/h4,6-7,11H,2-3,5,8-10,14H2,1H3. The second-order valence-corrected chi connectivity index (χ2v) is 3.81. The molecule has 0 spiro atoms. The fraction of sp³-hybridized carbons (Fsp3) is 0.538. The van der Waals surface area contributed by atoms with Gasteiger partial charge in [-0.25, -0.2) is 0 Å². The van der Waals surface area contributed by atoms with Crippen LogP contribution in [0.3, 0.4) is 0 Å². The Morgan fingerprint density at radius 1 is 1.13 bits per heavy atom. The lowest BCUT2D eigenvalue weighted by Gasteiger charge is -2.04. The number of hydrogen-bond acceptors (Lipinski definition) is 2. The summed E-state index contributed by atoms with van der Waals surface area (Å²) >= 11 is 0. The van der Waals surface area contributed by atoms with Gasteiger partial charge in [0.05, 0.1) is 6.61 Å². The van der Waals surface area contributed by atoms with E-state index in [1.165, 1.54) is 17.5 Å². The van der Waals surface area contributed by atoms with Crippen LogP contribution in [0.4, 0.5) is 0 Å². The van der Waals surface area contributed by atoms with E-state index >= 15 is 0 Å². The Morgan fingerprint density at radius 3 is 2.53 bits per heavy atom. The van der Waals surface area contributed by atoms with Crippen LogP contribution < -0.4 is 5.73 Å². The number of rotatable bonds is 7. The van der Waals surface area contributed by atoms with Gasteiger partial charge in [-0.1, -0.05) is 24.3 Å². The number of nitrogens with two attached hydrogens (primary N) is 1. The largest absolute Gasteiger partial charge is 0.384 e. The highest BCUT2D eigenvalue weighted by Crippen LogP contribution is 2.09. The Balaban J connectivity index is 2.42. The molecule has 1 aromatic carbocycles. The fourth-order valence-corrected chi connectivity index (χ4v) is 1.63. The lowest BCUT2D eigenvalue weighted by atomic mass is 10.0. The molecule has 2 heteroatoms. The molecule has 0 fully saturated rings. The van der Waals surface area contributed by atoms with Crippen LogP contribution in [0.2, 0.25) is 0 Å². The fourth-order valence-electron chi connectivity index (χ4n) is 1.63. The molecular weight excluding hydrogens is 186 g/mol. The van der Waals surface area contributed by atoms with Crippen molar-refractivity contribution >= 4 is 0 Å². The highest BCUT2D eigenvalue weighted by molar-refractivity contribution is 5.23. The van der Waals surface area contributed by atoms with Gasteiger partial charge in [-0.05, 0) is 43.4 Å². The molecule has 0 unspecified atom stereocenters. The number of benzene rings is 1. The van der Waals surface area contributed by atoms with Gasteiger partial charge in [0.25, 0.3) is 0 Å². The molecule has 84 valence electrons. The monoisotopic (exact) mass is 207 g/mol. The van der Waals surface area contributed by atoms with E-state index in [2.05, 4.69) is 24.3 Å². The summed E-state index contributed by atoms with van der Waals surface area (Å²) in [5, 5.41) is 0. The van der Waals surface area contributed by atoms with Crippen LogP contribution in [0.1, 0.15) is 24.0 Å². The van der Waals surface area contributed by atoms with E-state index < -0.39 is 0 Å². The van der Waals surface area contributed by atoms with Crippen LogP contribution >= 0.6 is 0 Å². The first-order chi connectivity index (χ1) is 7.36. The van der Waals surface area contributed by atoms with Gasteiger partial charge < -0.3 is 10.5 Å². The lowest BCUT2D eigenvalue weighted by molar-refractivity contribution is 0.202. The minimum absolute atomic E-state index is 0.795. The molecule has 0 saturated heterocycles. The summed E-state index contributed by atoms with van der Waals surface area (Å²) in [6, 6.07) is 8.75. The summed E-state index contributed by atoms with van der Waals surface area (Å²) in [7, 11) is 1.74. The van der Waals surface area contributed by atoms with Gasteiger partial charge in [-0.2, -0.15) is 0 Å². The van der Waals surface area contributed by atoms with E-state index in [-0.39, 0.29) is 0 Å². The highest BCUT2D eigenvalue weighted by Gasteiger charge is 1.96. The molecule has 1 rings (SSSR count). The molecule has 0 aromatic heterocycles. The van der Waals surface area contributed by atoms with E-state index in [4.69, 9.17) is 10.5 Å². The number of unbranched alkanes of at least 4 members (excludes halogenated alkanes) is 1. The molecule has 0 bridgehead atoms. The molecule has 15 heavy (non-hydrogen) atoms. The topological polar surface area (TPSA) is 35.2 Å². The predicted molar refractivity (Wildman–Crippen MR) is 64.0 cm³/mol. The van der Waals surface area contributed by atoms with Crippen LogP contribution in [0.25, 0.3) is 0 Å². The minimum atomic E-state index is 0.795. The zero-order valence-electron chi connectivity index (χ0n) is 9.54. The number of hydrogen-bond donors (Lipinski definition) is 1. The summed E-state index contributed by atoms with van der Waals surface area (Å²) in [5.74, 6) is 0. The van der Waals surface area contributed by atoms with Crippen LogP contribution in [-0.4, -0.2) is 20.3 Å². The van der Waals surface area contributed by atoms with Gasteiger partial charge in [-0.15, -0.1) is 0 Å². The Morgan fingerprint density at radius 2 is 1.87 bits per heavy atom. The van der Waals surface area contributed by atoms with Crippen molar-refractivity contribution in [2.75, 3.05) is 20.3 Å². The number of aryl methyl sites for hydroxylation is 1. The van der Waals surface area contributed by atoms with E-state index in [1.807, 2.05) is 0 Å². The number of ether oxygens (including phenoxy) is 1. The third kappa shape index (κ3) is 4.96. The first kappa shape index (κ1) is 12.2. The van der Waals surface area contributed by atoms with Crippen molar-refractivity contribution < 1.29 is 4.74 Å². The smallest absolute Gasteiger partial charge is 0.0502 e. The average Bonchev–Trinajstić information content (AvgIpc) is 2.27. The van der Waals surface area contributed by atoms with Crippen molar-refractivity contribution in [1.82, 2.24) is 0 Å². The third-order valence-corrected chi connectivity index (χ3v) is 2.51. The zero-order valence-corrected chi connectivity index (χ0v) is 9.54. The third-order valence-electron chi connectivity index (χ3n) is 2.51. The van der Waals surface area contributed by atoms with Gasteiger partial charge in [-0.3, -0.25) is 0 Å². The summed E-state index contributed by atoms with van der Waals surface area (Å²) in [6.07, 6.45) is 4.44.